The Morgan fingerprint density at radius 2 is 1.65 bits per heavy atom. The zero-order valence-electron chi connectivity index (χ0n) is 31.7. The molecule has 1 aromatic carbocycles. The van der Waals surface area contributed by atoms with Crippen LogP contribution >= 0.6 is 0 Å². The normalized spacial score (nSPS) is 43.7. The maximum absolute atomic E-state index is 14.6. The van der Waals surface area contributed by atoms with Gasteiger partial charge in [0, 0.05) is 12.8 Å². The third kappa shape index (κ3) is 5.01. The van der Waals surface area contributed by atoms with Crippen LogP contribution in [0.25, 0.3) is 5.57 Å². The summed E-state index contributed by atoms with van der Waals surface area (Å²) in [5.41, 5.74) is 4.60. The molecule has 268 valence electrons. The van der Waals surface area contributed by atoms with Crippen molar-refractivity contribution in [2.75, 3.05) is 19.6 Å². The third-order valence-corrected chi connectivity index (χ3v) is 17.1. The highest BCUT2D eigenvalue weighted by Gasteiger charge is 2.71. The van der Waals surface area contributed by atoms with Gasteiger partial charge < -0.3 is 15.3 Å². The molecule has 1 aromatic rings. The number of allylic oxidation sites excluding steroid dienone is 3. The van der Waals surface area contributed by atoms with Crippen molar-refractivity contribution in [3.63, 3.8) is 0 Å². The Labute approximate surface area is 296 Å². The molecule has 5 heteroatoms. The monoisotopic (exact) mass is 669 g/mol. The molecule has 0 bridgehead atoms. The second-order valence-electron chi connectivity index (χ2n) is 19.1. The lowest BCUT2D eigenvalue weighted by molar-refractivity contribution is -0.909. The van der Waals surface area contributed by atoms with Gasteiger partial charge >= 0.3 is 5.97 Å². The van der Waals surface area contributed by atoms with Crippen LogP contribution in [0.1, 0.15) is 135 Å². The van der Waals surface area contributed by atoms with Gasteiger partial charge in [-0.3, -0.25) is 4.79 Å². The lowest BCUT2D eigenvalue weighted by atomic mass is 9.32. The summed E-state index contributed by atoms with van der Waals surface area (Å²) in [4.78, 5) is 27.8. The van der Waals surface area contributed by atoms with Crippen molar-refractivity contribution >= 4 is 17.4 Å². The van der Waals surface area contributed by atoms with Crippen LogP contribution in [0.2, 0.25) is 0 Å². The molecule has 49 heavy (non-hydrogen) atoms. The van der Waals surface area contributed by atoms with E-state index in [0.717, 1.165) is 45.2 Å². The van der Waals surface area contributed by atoms with Crippen molar-refractivity contribution < 1.29 is 19.6 Å². The number of rotatable bonds is 7. The number of carboxylic acids is 1. The molecule has 3 N–H and O–H groups in total. The highest BCUT2D eigenvalue weighted by molar-refractivity contribution is 5.88. The summed E-state index contributed by atoms with van der Waals surface area (Å²) in [5.74, 6) is 2.11. The summed E-state index contributed by atoms with van der Waals surface area (Å²) in [7, 11) is 0. The summed E-state index contributed by atoms with van der Waals surface area (Å²) in [6.45, 7) is 25.2. The number of hydrogen-bond acceptors (Lipinski definition) is 2. The Morgan fingerprint density at radius 3 is 2.33 bits per heavy atom. The van der Waals surface area contributed by atoms with E-state index in [1.807, 2.05) is 12.1 Å². The van der Waals surface area contributed by atoms with Crippen LogP contribution in [0.5, 0.6) is 0 Å². The van der Waals surface area contributed by atoms with Crippen LogP contribution in [-0.2, 0) is 4.79 Å². The number of carboxylic acid groups (broad SMARTS) is 1. The number of quaternary nitrogens is 1. The van der Waals surface area contributed by atoms with Crippen molar-refractivity contribution in [1.82, 2.24) is 5.32 Å². The van der Waals surface area contributed by atoms with E-state index in [1.54, 1.807) is 17.0 Å². The average Bonchev–Trinajstić information content (AvgIpc) is 3.69. The number of hydrogen-bond donors (Lipinski definition) is 3. The number of carbonyl (C=O) groups excluding carboxylic acids is 1. The number of amides is 1. The molecule has 5 fully saturated rings. The van der Waals surface area contributed by atoms with Crippen molar-refractivity contribution in [2.45, 2.75) is 125 Å². The standard InChI is InChI=1S/C44H64N2O3/c1-9-46-26-10-11-31(46)27-45-39(49)44-23-18-32(28(2)3)37(44)34-16-17-36-41(6)21-19-33(29-12-14-30(15-13-29)38(47)48)40(4,5)35(41)20-22-43(36,8)42(34,7)24-25-44/h12-15,19,31-32,34-37H,2,9-11,16-18,20-27H2,1,3-8H3,(H,45,49)(H,47,48)/p+1. The van der Waals surface area contributed by atoms with Gasteiger partial charge in [-0.15, -0.1) is 0 Å². The molecule has 1 heterocycles. The Kier molecular flexibility index (Phi) is 8.64. The zero-order chi connectivity index (χ0) is 35.1. The van der Waals surface area contributed by atoms with Gasteiger partial charge in [0.1, 0.15) is 6.04 Å². The molecule has 11 unspecified atom stereocenters. The van der Waals surface area contributed by atoms with Gasteiger partial charge in [-0.25, -0.2) is 4.79 Å². The zero-order valence-corrected chi connectivity index (χ0v) is 31.7. The number of likely N-dealkylation sites (tertiary alicyclic amines) is 1. The van der Waals surface area contributed by atoms with E-state index in [-0.39, 0.29) is 27.1 Å². The van der Waals surface area contributed by atoms with Gasteiger partial charge in [-0.2, -0.15) is 0 Å². The smallest absolute Gasteiger partial charge is 0.335 e. The quantitative estimate of drug-likeness (QED) is 0.256. The van der Waals surface area contributed by atoms with Gasteiger partial charge in [0.05, 0.1) is 30.6 Å². The maximum atomic E-state index is 14.6. The molecule has 6 aliphatic rings. The fourth-order valence-electron chi connectivity index (χ4n) is 14.5. The summed E-state index contributed by atoms with van der Waals surface area (Å²) in [6, 6.07) is 8.15. The molecule has 1 saturated heterocycles. The largest absolute Gasteiger partial charge is 0.478 e. The van der Waals surface area contributed by atoms with Gasteiger partial charge in [0.15, 0.2) is 0 Å². The van der Waals surface area contributed by atoms with Gasteiger partial charge in [0.2, 0.25) is 5.91 Å². The number of carbonyl (C=O) groups is 2. The summed E-state index contributed by atoms with van der Waals surface area (Å²) >= 11 is 0. The minimum absolute atomic E-state index is 0.00151. The van der Waals surface area contributed by atoms with Crippen LogP contribution in [0.15, 0.2) is 42.5 Å². The second-order valence-corrected chi connectivity index (χ2v) is 19.1. The topological polar surface area (TPSA) is 70.8 Å². The minimum Gasteiger partial charge on any atom is -0.478 e. The molecular formula is C44H65N2O3+. The van der Waals surface area contributed by atoms with Crippen LogP contribution in [0, 0.1) is 56.7 Å². The number of fused-ring (bicyclic) bond motifs is 7. The molecule has 7 rings (SSSR count). The van der Waals surface area contributed by atoms with Crippen LogP contribution in [0.3, 0.4) is 0 Å². The Bertz CT molecular complexity index is 1530. The first-order chi connectivity index (χ1) is 23.1. The number of aromatic carboxylic acids is 1. The third-order valence-electron chi connectivity index (χ3n) is 17.1. The maximum Gasteiger partial charge on any atom is 0.335 e. The molecule has 11 atom stereocenters. The predicted molar refractivity (Wildman–Crippen MR) is 198 cm³/mol. The summed E-state index contributed by atoms with van der Waals surface area (Å²) in [5, 5.41) is 13.1. The van der Waals surface area contributed by atoms with E-state index >= 15 is 0 Å². The fraction of sp³-hybridized carbons (Fsp3) is 0.727. The van der Waals surface area contributed by atoms with Crippen LogP contribution in [-0.4, -0.2) is 42.7 Å². The van der Waals surface area contributed by atoms with Crippen molar-refractivity contribution in [3.05, 3.63) is 53.6 Å². The van der Waals surface area contributed by atoms with E-state index in [9.17, 15) is 14.7 Å². The molecule has 0 radical (unpaired) electrons. The molecular weight excluding hydrogens is 604 g/mol. The highest BCUT2D eigenvalue weighted by Crippen LogP contribution is 2.77. The van der Waals surface area contributed by atoms with Crippen molar-refractivity contribution in [1.29, 1.82) is 0 Å². The van der Waals surface area contributed by atoms with Crippen molar-refractivity contribution in [3.8, 4) is 0 Å². The average molecular weight is 670 g/mol. The lowest BCUT2D eigenvalue weighted by Crippen LogP contribution is -3.14. The lowest BCUT2D eigenvalue weighted by Gasteiger charge is -2.72. The van der Waals surface area contributed by atoms with Gasteiger partial charge in [-0.05, 0) is 146 Å². The minimum atomic E-state index is -0.868. The Morgan fingerprint density at radius 1 is 0.918 bits per heavy atom. The SMILES string of the molecule is C=C(C)C1CCC2(C(=O)NCC3CCC[NH+]3CC)CCC3(C)C(CCC4C5(C)CC=C(c6ccc(C(=O)O)cc6)C(C)(C)C5CCC43C)C12. The number of benzene rings is 1. The first kappa shape index (κ1) is 35.0. The predicted octanol–water partition coefficient (Wildman–Crippen LogP) is 8.22. The number of nitrogens with one attached hydrogen (secondary N) is 2. The first-order valence-electron chi connectivity index (χ1n) is 20.0. The highest BCUT2D eigenvalue weighted by atomic mass is 16.4. The molecule has 1 aliphatic heterocycles. The first-order valence-corrected chi connectivity index (χ1v) is 20.0. The molecule has 4 saturated carbocycles. The molecule has 0 aromatic heterocycles. The molecule has 5 nitrogen and oxygen atoms in total. The van der Waals surface area contributed by atoms with Crippen LogP contribution in [0.4, 0.5) is 0 Å². The Balaban J connectivity index is 1.18. The van der Waals surface area contributed by atoms with Gasteiger partial charge in [-0.1, -0.05) is 65.0 Å². The van der Waals surface area contributed by atoms with Gasteiger partial charge in [0.25, 0.3) is 0 Å². The van der Waals surface area contributed by atoms with E-state index in [4.69, 9.17) is 0 Å². The molecule has 0 spiro atoms. The fourth-order valence-corrected chi connectivity index (χ4v) is 14.5. The van der Waals surface area contributed by atoms with E-state index in [1.165, 1.54) is 61.8 Å². The molecule has 5 aliphatic carbocycles. The van der Waals surface area contributed by atoms with Crippen molar-refractivity contribution in [2.24, 2.45) is 56.7 Å². The number of likely N-dealkylation sites (N-methyl/N-ethyl adjacent to an activating group) is 1. The van der Waals surface area contributed by atoms with Crippen LogP contribution < -0.4 is 10.2 Å². The van der Waals surface area contributed by atoms with E-state index in [2.05, 4.69) is 66.4 Å². The second kappa shape index (κ2) is 12.1. The van der Waals surface area contributed by atoms with E-state index in [0.29, 0.717) is 47.1 Å². The van der Waals surface area contributed by atoms with E-state index < -0.39 is 5.97 Å². The molecule has 1 amide bonds. The summed E-state index contributed by atoms with van der Waals surface area (Å²) < 4.78 is 0. The summed E-state index contributed by atoms with van der Waals surface area (Å²) in [6.07, 6.45) is 15.4. The Hall–Kier alpha value is -2.40.